The summed E-state index contributed by atoms with van der Waals surface area (Å²) in [5.74, 6) is -0.282. The Bertz CT molecular complexity index is 999. The largest absolute Gasteiger partial charge is 0.443 e. The summed E-state index contributed by atoms with van der Waals surface area (Å²) < 4.78 is 8.12. The molecule has 0 fully saturated rings. The van der Waals surface area contributed by atoms with Crippen molar-refractivity contribution < 1.29 is 9.53 Å². The van der Waals surface area contributed by atoms with E-state index < -0.39 is 5.41 Å². The molecule has 26 heavy (non-hydrogen) atoms. The molecule has 0 saturated carbocycles. The number of esters is 1. The summed E-state index contributed by atoms with van der Waals surface area (Å²) in [6.45, 7) is 5.46. The number of anilines is 1. The molecule has 8 nitrogen and oxygen atoms in total. The van der Waals surface area contributed by atoms with Crippen LogP contribution in [-0.4, -0.2) is 25.1 Å². The van der Waals surface area contributed by atoms with Gasteiger partial charge in [-0.05, 0) is 26.3 Å². The summed E-state index contributed by atoms with van der Waals surface area (Å²) in [5, 5.41) is 0. The second-order valence-corrected chi connectivity index (χ2v) is 7.04. The van der Waals surface area contributed by atoms with Crippen LogP contribution in [0.1, 0.15) is 26.3 Å². The van der Waals surface area contributed by atoms with E-state index in [0.29, 0.717) is 6.54 Å². The monoisotopic (exact) mass is 355 g/mol. The maximum atomic E-state index is 12.9. The van der Waals surface area contributed by atoms with E-state index in [4.69, 9.17) is 10.5 Å². The highest BCUT2D eigenvalue weighted by atomic mass is 16.5. The van der Waals surface area contributed by atoms with Crippen LogP contribution in [0.25, 0.3) is 11.2 Å². The van der Waals surface area contributed by atoms with Gasteiger partial charge in [-0.3, -0.25) is 18.7 Å². The Hall–Kier alpha value is -3.16. The van der Waals surface area contributed by atoms with Gasteiger partial charge in [0.2, 0.25) is 5.95 Å². The van der Waals surface area contributed by atoms with E-state index in [9.17, 15) is 9.59 Å². The first-order valence-electron chi connectivity index (χ1n) is 8.19. The number of rotatable bonds is 4. The SMILES string of the molecule is CC(C)(C)C(=O)OCn1cnc2nc(N)n(Cc3ccccc3)c(=O)c21. The quantitative estimate of drug-likeness (QED) is 0.715. The summed E-state index contributed by atoms with van der Waals surface area (Å²) in [5.41, 5.74) is 6.37. The number of aromatic nitrogens is 4. The predicted molar refractivity (Wildman–Crippen MR) is 97.3 cm³/mol. The first-order chi connectivity index (χ1) is 12.3. The van der Waals surface area contributed by atoms with Crippen LogP contribution in [0.4, 0.5) is 5.95 Å². The molecule has 1 aromatic carbocycles. The topological polar surface area (TPSA) is 105 Å². The van der Waals surface area contributed by atoms with Crippen molar-refractivity contribution in [2.45, 2.75) is 34.0 Å². The molecule has 0 saturated heterocycles. The molecule has 2 heterocycles. The number of imidazole rings is 1. The van der Waals surface area contributed by atoms with Crippen molar-refractivity contribution in [3.63, 3.8) is 0 Å². The van der Waals surface area contributed by atoms with Crippen LogP contribution < -0.4 is 11.3 Å². The van der Waals surface area contributed by atoms with E-state index in [2.05, 4.69) is 9.97 Å². The Balaban J connectivity index is 1.96. The van der Waals surface area contributed by atoms with Gasteiger partial charge in [0.1, 0.15) is 6.33 Å². The number of carbonyl (C=O) groups is 1. The fraction of sp³-hybridized carbons (Fsp3) is 0.333. The first kappa shape index (κ1) is 17.7. The molecule has 0 aliphatic heterocycles. The molecule has 0 spiro atoms. The van der Waals surface area contributed by atoms with Crippen LogP contribution in [0, 0.1) is 5.41 Å². The fourth-order valence-corrected chi connectivity index (χ4v) is 2.43. The Morgan fingerprint density at radius 2 is 1.92 bits per heavy atom. The van der Waals surface area contributed by atoms with Gasteiger partial charge in [0.05, 0.1) is 12.0 Å². The zero-order valence-electron chi connectivity index (χ0n) is 15.0. The zero-order valence-corrected chi connectivity index (χ0v) is 15.0. The maximum Gasteiger partial charge on any atom is 0.312 e. The molecule has 2 aromatic heterocycles. The summed E-state index contributed by atoms with van der Waals surface area (Å²) in [7, 11) is 0. The van der Waals surface area contributed by atoms with Crippen molar-refractivity contribution in [2.24, 2.45) is 5.41 Å². The highest BCUT2D eigenvalue weighted by molar-refractivity contribution is 5.75. The van der Waals surface area contributed by atoms with Crippen molar-refractivity contribution in [3.8, 4) is 0 Å². The Kier molecular flexibility index (Phi) is 4.50. The lowest BCUT2D eigenvalue weighted by Crippen LogP contribution is -2.28. The van der Waals surface area contributed by atoms with Gasteiger partial charge in [-0.1, -0.05) is 30.3 Å². The van der Waals surface area contributed by atoms with Crippen LogP contribution in [0.3, 0.4) is 0 Å². The van der Waals surface area contributed by atoms with Crippen molar-refractivity contribution in [1.82, 2.24) is 19.1 Å². The third-order valence-corrected chi connectivity index (χ3v) is 3.89. The smallest absolute Gasteiger partial charge is 0.312 e. The zero-order chi connectivity index (χ0) is 18.9. The Morgan fingerprint density at radius 1 is 1.23 bits per heavy atom. The molecule has 0 atom stereocenters. The molecule has 0 amide bonds. The van der Waals surface area contributed by atoms with Crippen LogP contribution >= 0.6 is 0 Å². The first-order valence-corrected chi connectivity index (χ1v) is 8.19. The molecule has 0 radical (unpaired) electrons. The van der Waals surface area contributed by atoms with Gasteiger partial charge in [-0.15, -0.1) is 0 Å². The van der Waals surface area contributed by atoms with Crippen LogP contribution in [-0.2, 0) is 22.8 Å². The third-order valence-electron chi connectivity index (χ3n) is 3.89. The summed E-state index contributed by atoms with van der Waals surface area (Å²) in [6.07, 6.45) is 1.42. The number of benzene rings is 1. The summed E-state index contributed by atoms with van der Waals surface area (Å²) in [6, 6.07) is 9.48. The van der Waals surface area contributed by atoms with Gasteiger partial charge >= 0.3 is 5.97 Å². The van der Waals surface area contributed by atoms with E-state index in [1.54, 1.807) is 20.8 Å². The second kappa shape index (κ2) is 6.62. The van der Waals surface area contributed by atoms with Crippen LogP contribution in [0.15, 0.2) is 41.5 Å². The Morgan fingerprint density at radius 3 is 2.58 bits per heavy atom. The normalized spacial score (nSPS) is 11.7. The number of nitrogen functional groups attached to an aromatic ring is 1. The van der Waals surface area contributed by atoms with Gasteiger partial charge in [0, 0.05) is 0 Å². The van der Waals surface area contributed by atoms with Gasteiger partial charge in [-0.25, -0.2) is 4.98 Å². The molecule has 0 unspecified atom stereocenters. The number of nitrogens with two attached hydrogens (primary N) is 1. The number of hydrogen-bond acceptors (Lipinski definition) is 6. The van der Waals surface area contributed by atoms with Crippen molar-refractivity contribution in [2.75, 3.05) is 5.73 Å². The lowest BCUT2D eigenvalue weighted by atomic mass is 9.98. The van der Waals surface area contributed by atoms with Crippen LogP contribution in [0.2, 0.25) is 0 Å². The molecule has 3 aromatic rings. The summed E-state index contributed by atoms with van der Waals surface area (Å²) >= 11 is 0. The minimum atomic E-state index is -0.632. The van der Waals surface area contributed by atoms with Crippen molar-refractivity contribution in [3.05, 3.63) is 52.6 Å². The fourth-order valence-electron chi connectivity index (χ4n) is 2.43. The lowest BCUT2D eigenvalue weighted by molar-refractivity contribution is -0.156. The van der Waals surface area contributed by atoms with Gasteiger partial charge in [-0.2, -0.15) is 4.98 Å². The number of hydrogen-bond donors (Lipinski definition) is 1. The molecular weight excluding hydrogens is 334 g/mol. The third kappa shape index (κ3) is 3.44. The standard InChI is InChI=1S/C18H21N5O3/c1-18(2,3)16(25)26-11-22-10-20-14-13(22)15(24)23(17(19)21-14)9-12-7-5-4-6-8-12/h4-8,10H,9,11H2,1-3H3,(H2,19,21). The predicted octanol–water partition coefficient (Wildman–Crippen LogP) is 1.77. The highest BCUT2D eigenvalue weighted by Gasteiger charge is 2.23. The molecule has 136 valence electrons. The lowest BCUT2D eigenvalue weighted by Gasteiger charge is -2.17. The average molecular weight is 355 g/mol. The summed E-state index contributed by atoms with van der Waals surface area (Å²) in [4.78, 5) is 33.2. The van der Waals surface area contributed by atoms with Crippen molar-refractivity contribution >= 4 is 23.1 Å². The highest BCUT2D eigenvalue weighted by Crippen LogP contribution is 2.16. The average Bonchev–Trinajstić information content (AvgIpc) is 2.99. The molecule has 2 N–H and O–H groups in total. The molecular formula is C18H21N5O3. The van der Waals surface area contributed by atoms with Crippen molar-refractivity contribution in [1.29, 1.82) is 0 Å². The number of fused-ring (bicyclic) bond motifs is 1. The minimum absolute atomic E-state index is 0.0864. The van der Waals surface area contributed by atoms with E-state index >= 15 is 0 Å². The second-order valence-electron chi connectivity index (χ2n) is 7.04. The van der Waals surface area contributed by atoms with Gasteiger partial charge < -0.3 is 10.5 Å². The maximum absolute atomic E-state index is 12.9. The molecule has 0 bridgehead atoms. The number of ether oxygens (including phenoxy) is 1. The van der Waals surface area contributed by atoms with E-state index in [1.807, 2.05) is 30.3 Å². The van der Waals surface area contributed by atoms with E-state index in [-0.39, 0.29) is 35.4 Å². The van der Waals surface area contributed by atoms with Gasteiger partial charge in [0.15, 0.2) is 17.9 Å². The van der Waals surface area contributed by atoms with E-state index in [0.717, 1.165) is 5.56 Å². The molecule has 3 rings (SSSR count). The molecule has 0 aliphatic carbocycles. The van der Waals surface area contributed by atoms with Crippen LogP contribution in [0.5, 0.6) is 0 Å². The molecule has 0 aliphatic rings. The van der Waals surface area contributed by atoms with E-state index in [1.165, 1.54) is 15.5 Å². The minimum Gasteiger partial charge on any atom is -0.443 e. The number of carbonyl (C=O) groups excluding carboxylic acids is 1. The van der Waals surface area contributed by atoms with Gasteiger partial charge in [0.25, 0.3) is 5.56 Å². The molecule has 8 heteroatoms. The number of nitrogens with zero attached hydrogens (tertiary/aromatic N) is 4. The Labute approximate surface area is 150 Å².